The molecule has 50 heteroatoms. The zero-order chi connectivity index (χ0) is 101. The van der Waals surface area contributed by atoms with E-state index in [2.05, 4.69) is 41.0 Å². The van der Waals surface area contributed by atoms with Gasteiger partial charge >= 0.3 is 56.7 Å². The second-order valence-corrected chi connectivity index (χ2v) is 43.4. The molecule has 6 aromatic heterocycles. The molecule has 6 heterocycles. The Bertz CT molecular complexity index is 7110. The number of hydrogen-bond acceptors (Lipinski definition) is 25. The van der Waals surface area contributed by atoms with E-state index in [1.807, 2.05) is 6.07 Å². The molecule has 0 bridgehead atoms. The molecule has 13 rings (SSSR count). The first-order valence-electron chi connectivity index (χ1n) is 40.3. The van der Waals surface area contributed by atoms with Crippen LogP contribution >= 0.6 is 44.9 Å². The molecule has 13 aromatic rings. The van der Waals surface area contributed by atoms with Crippen molar-refractivity contribution >= 4 is 117 Å². The Kier molecular flexibility index (Phi) is 36.0. The van der Waals surface area contributed by atoms with Crippen LogP contribution in [0.15, 0.2) is 211 Å². The smallest absolute Gasteiger partial charge is 0.400 e. The minimum absolute atomic E-state index is 0.0870. The van der Waals surface area contributed by atoms with Gasteiger partial charge in [0, 0.05) is 74.5 Å². The van der Waals surface area contributed by atoms with E-state index < -0.39 is 163 Å². The Morgan fingerprint density at radius 1 is 0.333 bits per heavy atom. The van der Waals surface area contributed by atoms with Crippen LogP contribution in [-0.4, -0.2) is 160 Å². The maximum atomic E-state index is 14.5. The minimum atomic E-state index is -5.49. The number of benzene rings is 7. The molecule has 0 aliphatic carbocycles. The number of ether oxygens (including phenoxy) is 1. The predicted molar refractivity (Wildman–Crippen MR) is 491 cm³/mol. The molecule has 0 saturated heterocycles. The topological polar surface area (TPSA) is 437 Å². The number of alkyl halides is 10. The molecule has 3 N–H and O–H groups in total. The van der Waals surface area contributed by atoms with Crippen LogP contribution in [0.1, 0.15) is 61.7 Å². The largest absolute Gasteiger partial charge is 0.467 e. The van der Waals surface area contributed by atoms with Crippen molar-refractivity contribution in [3.05, 3.63) is 279 Å². The molecule has 0 spiro atoms. The summed E-state index contributed by atoms with van der Waals surface area (Å²) in [5, 5.41) is 0. The van der Waals surface area contributed by atoms with E-state index in [1.165, 1.54) is 85.5 Å². The van der Waals surface area contributed by atoms with E-state index in [-0.39, 0.29) is 49.5 Å². The maximum absolute atomic E-state index is 14.5. The van der Waals surface area contributed by atoms with Gasteiger partial charge in [-0.25, -0.2) is 34.5 Å². The lowest BCUT2D eigenvalue weighted by molar-refractivity contribution is 0.0171. The van der Waals surface area contributed by atoms with Gasteiger partial charge in [0.05, 0.1) is 125 Å². The molecule has 7 aromatic carbocycles. The van der Waals surface area contributed by atoms with Gasteiger partial charge in [0.15, 0.2) is 6.79 Å². The summed E-state index contributed by atoms with van der Waals surface area (Å²) in [6.07, 6.45) is -5.82. The van der Waals surface area contributed by atoms with Crippen molar-refractivity contribution in [2.45, 2.75) is 88.1 Å². The first-order chi connectivity index (χ1) is 62.8. The highest BCUT2D eigenvalue weighted by atomic mass is 31.2. The zero-order valence-electron chi connectivity index (χ0n) is 74.9. The quantitative estimate of drug-likeness (QED) is 0.0163. The van der Waals surface area contributed by atoms with Crippen molar-refractivity contribution in [2.75, 3.05) is 59.9 Å². The average molecular weight is 2010 g/mol. The molecule has 0 saturated carbocycles. The lowest BCUT2D eigenvalue weighted by Crippen LogP contribution is -2.31. The third kappa shape index (κ3) is 26.5. The van der Waals surface area contributed by atoms with E-state index >= 15 is 0 Å². The third-order valence-corrected chi connectivity index (χ3v) is 29.5. The molecular weight excluding hydrogens is 1920 g/mol. The molecule has 0 aliphatic rings. The second kappa shape index (κ2) is 44.5. The van der Waals surface area contributed by atoms with Crippen molar-refractivity contribution in [3.8, 4) is 5.88 Å². The first kappa shape index (κ1) is 109. The van der Waals surface area contributed by atoms with E-state index in [4.69, 9.17) is 37.1 Å². The Morgan fingerprint density at radius 3 is 0.874 bits per heavy atom. The van der Waals surface area contributed by atoms with Gasteiger partial charge in [-0.3, -0.25) is 56.1 Å². The van der Waals surface area contributed by atoms with Crippen LogP contribution in [0, 0.1) is 0 Å². The molecule has 0 radical (unpaired) electrons. The summed E-state index contributed by atoms with van der Waals surface area (Å²) in [6.45, 7) is 11.8. The van der Waals surface area contributed by atoms with E-state index in [9.17, 15) is 105 Å². The van der Waals surface area contributed by atoms with Crippen molar-refractivity contribution in [1.82, 2.24) is 57.3 Å². The van der Waals surface area contributed by atoms with Gasteiger partial charge in [-0.1, -0.05) is 110 Å². The fourth-order valence-corrected chi connectivity index (χ4v) is 17.7. The monoisotopic (exact) mass is 2010 g/mol. The fourth-order valence-electron chi connectivity index (χ4n) is 12.5. The SMILES string of the molecule is C=C(OCOP(=O)(O)C(F)(F)Cc1nc2ccccc2n(C)c1=O)c1ccccc1.CCOP(=O)(OCC)C(F)(F)Cc1nc2ccccc2n(C)c1=O.CCOP(C)(=O)C(F)(F)Cc1nc2ccccc2n(C)c1=O.CCOP(C)(=O)Oc1nc2ccccc2n(C)c1=O.Cn1c(=O)c(CC(F)(F)P(C)(=O)O)nc2ccccc21.Cn1c(=O)c(CC(F)(F)P(C)(=O)O)nc2ccccc21. The molecule has 34 nitrogen and oxygen atoms in total. The molecule has 0 amide bonds. The normalized spacial score (nSPS) is 14.3. The molecule has 5 atom stereocenters. The van der Waals surface area contributed by atoms with Crippen molar-refractivity contribution in [2.24, 2.45) is 42.3 Å². The number of para-hydroxylation sites is 12. The summed E-state index contributed by atoms with van der Waals surface area (Å²) in [5.74, 6) is -0.121. The highest BCUT2D eigenvalue weighted by molar-refractivity contribution is 7.59. The summed E-state index contributed by atoms with van der Waals surface area (Å²) in [5.41, 5.74) is -19.3. The van der Waals surface area contributed by atoms with Crippen LogP contribution in [0.4, 0.5) is 43.9 Å². The minimum Gasteiger partial charge on any atom is -0.467 e. The number of nitrogens with zero attached hydrogens (tertiary/aromatic N) is 12. The molecule has 135 heavy (non-hydrogen) atoms. The summed E-state index contributed by atoms with van der Waals surface area (Å²) >= 11 is 0. The Morgan fingerprint density at radius 2 is 0.585 bits per heavy atom. The van der Waals surface area contributed by atoms with E-state index in [0.29, 0.717) is 85.1 Å². The van der Waals surface area contributed by atoms with Crippen molar-refractivity contribution in [3.63, 3.8) is 0 Å². The van der Waals surface area contributed by atoms with Crippen molar-refractivity contribution in [1.29, 1.82) is 0 Å². The first-order valence-corrected chi connectivity index (χ1v) is 51.7. The summed E-state index contributed by atoms with van der Waals surface area (Å²) < 4.78 is 253. The highest BCUT2D eigenvalue weighted by Crippen LogP contribution is 2.64. The molecule has 5 unspecified atom stereocenters. The second-order valence-electron chi connectivity index (χ2n) is 29.9. The van der Waals surface area contributed by atoms with Gasteiger partial charge in [-0.05, 0) is 100 Å². The number of aromatic nitrogens is 12. The Hall–Kier alpha value is -10.9. The van der Waals surface area contributed by atoms with Gasteiger partial charge in [-0.15, -0.1) is 0 Å². The van der Waals surface area contributed by atoms with E-state index in [0.717, 1.165) is 11.2 Å². The van der Waals surface area contributed by atoms with Crippen LogP contribution < -0.4 is 37.9 Å². The maximum Gasteiger partial charge on any atom is 0.400 e. The van der Waals surface area contributed by atoms with Gasteiger partial charge in [0.25, 0.3) is 55.8 Å². The number of fused-ring (bicyclic) bond motifs is 6. The third-order valence-electron chi connectivity index (χ3n) is 19.9. The zero-order valence-corrected chi connectivity index (χ0v) is 80.3. The molecule has 0 fully saturated rings. The summed E-state index contributed by atoms with van der Waals surface area (Å²) in [4.78, 5) is 125. The van der Waals surface area contributed by atoms with Crippen LogP contribution in [0.3, 0.4) is 0 Å². The van der Waals surface area contributed by atoms with Gasteiger partial charge in [0.2, 0.25) is 0 Å². The number of hydrogen-bond donors (Lipinski definition) is 3. The fraction of sp³-hybridized carbons (Fsp3) is 0.341. The van der Waals surface area contributed by atoms with Crippen LogP contribution in [0.5, 0.6) is 5.88 Å². The summed E-state index contributed by atoms with van der Waals surface area (Å²) in [7, 11) is -18.1. The predicted octanol–water partition coefficient (Wildman–Crippen LogP) is 16.4. The van der Waals surface area contributed by atoms with Crippen LogP contribution in [-0.2, 0) is 129 Å². The summed E-state index contributed by atoms with van der Waals surface area (Å²) in [6, 6.07) is 48.8. The Balaban J connectivity index is 0.000000201. The number of rotatable bonds is 30. The van der Waals surface area contributed by atoms with Gasteiger partial charge in [0.1, 0.15) is 34.2 Å². The lowest BCUT2D eigenvalue weighted by atomic mass is 10.2. The Labute approximate surface area is 763 Å². The van der Waals surface area contributed by atoms with Gasteiger partial charge in [-0.2, -0.15) is 43.9 Å². The van der Waals surface area contributed by atoms with E-state index in [1.54, 1.807) is 184 Å². The number of halogens is 10. The van der Waals surface area contributed by atoms with Crippen molar-refractivity contribution < 1.29 is 118 Å². The molecular formula is C85H96F10N12O22P6. The average Bonchev–Trinajstić information content (AvgIpc) is 0.778. The van der Waals surface area contributed by atoms with Crippen LogP contribution in [0.25, 0.3) is 72.0 Å². The van der Waals surface area contributed by atoms with Crippen LogP contribution in [0.2, 0.25) is 0 Å². The van der Waals surface area contributed by atoms with Gasteiger partial charge < -0.3 is 69.4 Å². The highest BCUT2D eigenvalue weighted by Gasteiger charge is 2.55. The lowest BCUT2D eigenvalue weighted by Gasteiger charge is -2.25. The standard InChI is InChI=1S/C20H19F2N2O5P.C15H19F2N2O4P.C14H17F2N2O3P.2C12H13F2N2O3P.C12H15N2O4P/c1-14(15-8-4-3-5-9-15)28-13-29-30(26,27)20(21,22)12-17-19(25)24(2)18-11-7-6-10-16(18)23-17;1-4-22-24(21,23-5-2)15(16,17)10-12-14(20)19(3)13-9-7-6-8-11(13)18-12;1-4-21-22(3,20)14(15,16)9-11-13(19)18(2)12-8-6-5-7-10(12)17-11;2*1-16-10-6-4-3-5-8(10)15-9(11(16)17)7-12(13,14)20(2,18)19;1-4-17-19(3,16)18-11-12(15)14(2)10-8-6-5-7-9(10)13-11/h3-11H,1,12-13H2,2H3,(H,26,27);6-9H,4-5,10H2,1-3H3;5-8H,4,9H2,1-3H3;2*3-6H,7H2,1-2H3,(H,18,19);5-8H,4H2,1-3H3. The molecule has 0 aliphatic heterocycles. The molecule has 728 valence electrons. The number of aryl methyl sites for hydroxylation is 6.